The first-order valence-electron chi connectivity index (χ1n) is 11.6. The number of carbonyl (C=O) groups is 4. The summed E-state index contributed by atoms with van der Waals surface area (Å²) in [6, 6.07) is 12.2. The molecule has 2 N–H and O–H groups in total. The standard InChI is InChI=1S/C26H26N4O6/c1-35-25(33)21-15-9-3-5-11-17(15)29-23(31)24(32)30-18-12-6-4-10-16(18)22(26(34)36-2)28-20-14-8-7-13-19(20)27-21/h3-6,9-12,19-20H,7-8,13-14H2,1-2H3,(H,29,31)(H,30,32). The summed E-state index contributed by atoms with van der Waals surface area (Å²) in [5, 5.41) is 5.12. The highest BCUT2D eigenvalue weighted by atomic mass is 16.5. The Labute approximate surface area is 207 Å². The first-order chi connectivity index (χ1) is 17.4. The molecular weight excluding hydrogens is 464 g/mol. The van der Waals surface area contributed by atoms with Crippen molar-refractivity contribution in [2.24, 2.45) is 9.98 Å². The first-order valence-corrected chi connectivity index (χ1v) is 11.6. The number of benzene rings is 2. The Morgan fingerprint density at radius 2 is 1.11 bits per heavy atom. The summed E-state index contributed by atoms with van der Waals surface area (Å²) < 4.78 is 9.99. The lowest BCUT2D eigenvalue weighted by molar-refractivity contribution is -0.133. The zero-order chi connectivity index (χ0) is 25.7. The van der Waals surface area contributed by atoms with E-state index < -0.39 is 35.8 Å². The molecule has 2 unspecified atom stereocenters. The molecule has 10 heteroatoms. The van der Waals surface area contributed by atoms with E-state index >= 15 is 0 Å². The van der Waals surface area contributed by atoms with E-state index in [-0.39, 0.29) is 22.8 Å². The van der Waals surface area contributed by atoms with E-state index in [1.165, 1.54) is 14.2 Å². The molecule has 186 valence electrons. The van der Waals surface area contributed by atoms with Crippen molar-refractivity contribution in [2.75, 3.05) is 24.9 Å². The molecule has 0 bridgehead atoms. The zero-order valence-electron chi connectivity index (χ0n) is 19.9. The Morgan fingerprint density at radius 1 is 0.722 bits per heavy atom. The highest BCUT2D eigenvalue weighted by molar-refractivity contribution is 6.48. The minimum Gasteiger partial charge on any atom is -0.464 e. The number of nitrogens with zero attached hydrogens (tertiary/aromatic N) is 2. The Balaban J connectivity index is 1.96. The Hall–Kier alpha value is -4.34. The lowest BCUT2D eigenvalue weighted by Gasteiger charge is -2.27. The van der Waals surface area contributed by atoms with E-state index in [9.17, 15) is 19.2 Å². The number of esters is 2. The predicted octanol–water partition coefficient (Wildman–Crippen LogP) is 2.51. The molecule has 0 saturated heterocycles. The van der Waals surface area contributed by atoms with Crippen LogP contribution in [0.3, 0.4) is 0 Å². The lowest BCUT2D eigenvalue weighted by Crippen LogP contribution is -2.34. The number of nitrogens with one attached hydrogen (secondary N) is 2. The molecular formula is C26H26N4O6. The van der Waals surface area contributed by atoms with E-state index in [0.29, 0.717) is 24.0 Å². The molecule has 2 aromatic carbocycles. The van der Waals surface area contributed by atoms with Gasteiger partial charge in [-0.3, -0.25) is 19.6 Å². The van der Waals surface area contributed by atoms with Crippen molar-refractivity contribution in [3.63, 3.8) is 0 Å². The van der Waals surface area contributed by atoms with Gasteiger partial charge in [0.05, 0.1) is 37.7 Å². The number of anilines is 2. The van der Waals surface area contributed by atoms with Gasteiger partial charge < -0.3 is 20.1 Å². The number of ether oxygens (including phenoxy) is 2. The van der Waals surface area contributed by atoms with Crippen LogP contribution < -0.4 is 10.6 Å². The van der Waals surface area contributed by atoms with E-state index in [2.05, 4.69) is 10.6 Å². The number of methoxy groups -OCH3 is 2. The monoisotopic (exact) mass is 490 g/mol. The van der Waals surface area contributed by atoms with Crippen LogP contribution in [0.25, 0.3) is 0 Å². The van der Waals surface area contributed by atoms with Crippen molar-refractivity contribution in [3.8, 4) is 0 Å². The molecule has 2 atom stereocenters. The fraction of sp³-hybridized carbons (Fsp3) is 0.308. The fourth-order valence-electron chi connectivity index (χ4n) is 4.34. The molecule has 1 aliphatic heterocycles. The number of carbonyl (C=O) groups excluding carboxylic acids is 4. The summed E-state index contributed by atoms with van der Waals surface area (Å²) in [7, 11) is 2.49. The van der Waals surface area contributed by atoms with Gasteiger partial charge in [-0.05, 0) is 25.0 Å². The third kappa shape index (κ3) is 5.17. The maximum Gasteiger partial charge on any atom is 0.356 e. The van der Waals surface area contributed by atoms with Gasteiger partial charge in [-0.1, -0.05) is 49.2 Å². The maximum atomic E-state index is 12.8. The van der Waals surface area contributed by atoms with Crippen molar-refractivity contribution in [3.05, 3.63) is 59.7 Å². The highest BCUT2D eigenvalue weighted by Gasteiger charge is 2.31. The number of hydrogen-bond acceptors (Lipinski definition) is 8. The van der Waals surface area contributed by atoms with Crippen LogP contribution in [0.1, 0.15) is 36.8 Å². The molecule has 1 saturated carbocycles. The molecule has 0 radical (unpaired) electrons. The summed E-state index contributed by atoms with van der Waals surface area (Å²) in [6.45, 7) is 0. The number of para-hydroxylation sites is 2. The average Bonchev–Trinajstić information content (AvgIpc) is 2.90. The molecule has 0 aromatic heterocycles. The number of aliphatic imine (C=N–C) groups is 2. The van der Waals surface area contributed by atoms with Crippen molar-refractivity contribution in [1.29, 1.82) is 0 Å². The molecule has 4 rings (SSSR count). The van der Waals surface area contributed by atoms with E-state index in [0.717, 1.165) is 12.8 Å². The van der Waals surface area contributed by atoms with Crippen LogP contribution in [0.2, 0.25) is 0 Å². The second-order valence-electron chi connectivity index (χ2n) is 8.36. The largest absolute Gasteiger partial charge is 0.464 e. The van der Waals surface area contributed by atoms with Gasteiger partial charge in [0, 0.05) is 11.1 Å². The van der Waals surface area contributed by atoms with Gasteiger partial charge in [0.1, 0.15) is 0 Å². The summed E-state index contributed by atoms with van der Waals surface area (Å²) in [4.78, 5) is 60.7. The van der Waals surface area contributed by atoms with Gasteiger partial charge in [-0.15, -0.1) is 0 Å². The Bertz CT molecular complexity index is 1170. The molecule has 0 spiro atoms. The molecule has 2 amide bonds. The molecule has 2 aromatic rings. The molecule has 1 aliphatic carbocycles. The molecule has 1 heterocycles. The minimum absolute atomic E-state index is 0.00187. The number of fused-ring (bicyclic) bond motifs is 3. The van der Waals surface area contributed by atoms with E-state index in [4.69, 9.17) is 19.5 Å². The van der Waals surface area contributed by atoms with Crippen LogP contribution in [0.4, 0.5) is 11.4 Å². The Morgan fingerprint density at radius 3 is 1.50 bits per heavy atom. The summed E-state index contributed by atoms with van der Waals surface area (Å²) in [5.41, 5.74) is 1.08. The van der Waals surface area contributed by atoms with Crippen LogP contribution in [0.15, 0.2) is 58.5 Å². The number of hydrogen-bond donors (Lipinski definition) is 2. The lowest BCUT2D eigenvalue weighted by atomic mass is 9.90. The van der Waals surface area contributed by atoms with Gasteiger partial charge in [0.15, 0.2) is 11.4 Å². The van der Waals surface area contributed by atoms with Crippen molar-refractivity contribution in [2.45, 2.75) is 37.8 Å². The van der Waals surface area contributed by atoms with E-state index in [1.54, 1.807) is 48.5 Å². The normalized spacial score (nSPS) is 20.1. The second-order valence-corrected chi connectivity index (χ2v) is 8.36. The fourth-order valence-corrected chi connectivity index (χ4v) is 4.34. The SMILES string of the molecule is COC(=O)C1=NC2CCCCC2N=C(C(=O)OC)c2ccccc2NC(=O)C(=O)Nc2ccccc21. The van der Waals surface area contributed by atoms with Crippen LogP contribution in [-0.2, 0) is 28.7 Å². The minimum atomic E-state index is -0.967. The maximum absolute atomic E-state index is 12.8. The third-order valence-electron chi connectivity index (χ3n) is 6.11. The second kappa shape index (κ2) is 10.9. The zero-order valence-corrected chi connectivity index (χ0v) is 19.9. The van der Waals surface area contributed by atoms with Gasteiger partial charge in [-0.25, -0.2) is 9.59 Å². The topological polar surface area (TPSA) is 136 Å². The van der Waals surface area contributed by atoms with Crippen molar-refractivity contribution >= 4 is 46.6 Å². The van der Waals surface area contributed by atoms with Gasteiger partial charge >= 0.3 is 23.8 Å². The highest BCUT2D eigenvalue weighted by Crippen LogP contribution is 2.28. The van der Waals surface area contributed by atoms with Crippen LogP contribution in [0, 0.1) is 0 Å². The quantitative estimate of drug-likeness (QED) is 0.491. The number of rotatable bonds is 2. The first kappa shape index (κ1) is 24.8. The van der Waals surface area contributed by atoms with Crippen LogP contribution in [-0.4, -0.2) is 61.5 Å². The summed E-state index contributed by atoms with van der Waals surface area (Å²) >= 11 is 0. The smallest absolute Gasteiger partial charge is 0.356 e. The molecule has 2 aliphatic rings. The number of amides is 2. The third-order valence-corrected chi connectivity index (χ3v) is 6.11. The van der Waals surface area contributed by atoms with Gasteiger partial charge in [-0.2, -0.15) is 0 Å². The summed E-state index contributed by atoms with van der Waals surface area (Å²) in [5.74, 6) is -3.32. The van der Waals surface area contributed by atoms with Gasteiger partial charge in [0.25, 0.3) is 0 Å². The van der Waals surface area contributed by atoms with Crippen LogP contribution in [0.5, 0.6) is 0 Å². The predicted molar refractivity (Wildman–Crippen MR) is 133 cm³/mol. The van der Waals surface area contributed by atoms with Crippen molar-refractivity contribution in [1.82, 2.24) is 0 Å². The molecule has 1 fully saturated rings. The van der Waals surface area contributed by atoms with E-state index in [1.807, 2.05) is 0 Å². The Kier molecular flexibility index (Phi) is 7.53. The summed E-state index contributed by atoms with van der Waals surface area (Å²) in [6.07, 6.45) is 3.01. The molecule has 36 heavy (non-hydrogen) atoms. The van der Waals surface area contributed by atoms with Crippen molar-refractivity contribution < 1.29 is 28.7 Å². The molecule has 10 nitrogen and oxygen atoms in total. The van der Waals surface area contributed by atoms with Crippen LogP contribution >= 0.6 is 0 Å². The average molecular weight is 491 g/mol. The van der Waals surface area contributed by atoms with Gasteiger partial charge in [0.2, 0.25) is 0 Å².